The molecule has 0 bridgehead atoms. The predicted octanol–water partition coefficient (Wildman–Crippen LogP) is 4.52. The Morgan fingerprint density at radius 3 is 2.03 bits per heavy atom. The molecule has 1 unspecified atom stereocenters. The van der Waals surface area contributed by atoms with Crippen molar-refractivity contribution in [3.05, 3.63) is 84.4 Å². The van der Waals surface area contributed by atoms with E-state index in [1.165, 1.54) is 0 Å². The van der Waals surface area contributed by atoms with Gasteiger partial charge in [-0.3, -0.25) is 4.79 Å². The van der Waals surface area contributed by atoms with Gasteiger partial charge in [0.25, 0.3) is 0 Å². The number of ether oxygens (including phenoxy) is 1. The van der Waals surface area contributed by atoms with E-state index in [0.29, 0.717) is 30.1 Å². The molecule has 0 saturated heterocycles. The Morgan fingerprint density at radius 2 is 1.31 bits per heavy atom. The molecule has 1 heterocycles. The highest BCUT2D eigenvalue weighted by Gasteiger charge is 2.25. The van der Waals surface area contributed by atoms with Crippen LogP contribution in [0.5, 0.6) is 5.75 Å². The summed E-state index contributed by atoms with van der Waals surface area (Å²) < 4.78 is 5.69. The van der Waals surface area contributed by atoms with Gasteiger partial charge in [0.15, 0.2) is 0 Å². The monoisotopic (exact) mass is 387 g/mol. The zero-order valence-corrected chi connectivity index (χ0v) is 15.7. The minimum absolute atomic E-state index is 0.0815. The van der Waals surface area contributed by atoms with Gasteiger partial charge in [-0.25, -0.2) is 4.79 Å². The first-order valence-electron chi connectivity index (χ1n) is 9.42. The first-order valence-corrected chi connectivity index (χ1v) is 9.42. The van der Waals surface area contributed by atoms with Gasteiger partial charge in [-0.2, -0.15) is 0 Å². The molecular formula is C23H21N3O3. The smallest absolute Gasteiger partial charge is 0.323 e. The topological polar surface area (TPSA) is 79.5 Å². The lowest BCUT2D eigenvalue weighted by atomic mass is 9.96. The van der Waals surface area contributed by atoms with E-state index in [1.807, 2.05) is 54.6 Å². The fraction of sp³-hybridized carbons (Fsp3) is 0.130. The zero-order chi connectivity index (χ0) is 20.1. The summed E-state index contributed by atoms with van der Waals surface area (Å²) in [5.41, 5.74) is 3.06. The molecule has 0 spiro atoms. The maximum atomic E-state index is 12.6. The number of rotatable bonds is 4. The zero-order valence-electron chi connectivity index (χ0n) is 15.7. The minimum Gasteiger partial charge on any atom is -0.492 e. The molecule has 1 aliphatic rings. The quantitative estimate of drug-likeness (QED) is 0.616. The van der Waals surface area contributed by atoms with Crippen LogP contribution in [0, 0.1) is 5.92 Å². The highest BCUT2D eigenvalue weighted by Crippen LogP contribution is 2.27. The van der Waals surface area contributed by atoms with Crippen molar-refractivity contribution in [3.8, 4) is 5.75 Å². The van der Waals surface area contributed by atoms with Gasteiger partial charge in [0, 0.05) is 17.1 Å². The molecule has 6 nitrogen and oxygen atoms in total. The van der Waals surface area contributed by atoms with Crippen molar-refractivity contribution in [1.29, 1.82) is 0 Å². The number of benzene rings is 3. The maximum absolute atomic E-state index is 12.6. The Morgan fingerprint density at radius 1 is 0.724 bits per heavy atom. The molecule has 0 aromatic heterocycles. The first kappa shape index (κ1) is 18.6. The van der Waals surface area contributed by atoms with Crippen LogP contribution in [0.2, 0.25) is 0 Å². The Bertz CT molecular complexity index is 1000. The van der Waals surface area contributed by atoms with Crippen molar-refractivity contribution >= 4 is 29.0 Å². The summed E-state index contributed by atoms with van der Waals surface area (Å²) in [7, 11) is 0. The second kappa shape index (κ2) is 8.48. The summed E-state index contributed by atoms with van der Waals surface area (Å²) in [6.45, 7) is 0.363. The van der Waals surface area contributed by atoms with Crippen molar-refractivity contribution < 1.29 is 14.3 Å². The van der Waals surface area contributed by atoms with Crippen LogP contribution in [-0.2, 0) is 11.2 Å². The molecule has 3 aromatic carbocycles. The van der Waals surface area contributed by atoms with Crippen LogP contribution in [0.1, 0.15) is 5.56 Å². The summed E-state index contributed by atoms with van der Waals surface area (Å²) in [4.78, 5) is 24.6. The third-order valence-corrected chi connectivity index (χ3v) is 4.69. The fourth-order valence-electron chi connectivity index (χ4n) is 3.19. The number of para-hydroxylation sites is 2. The molecule has 0 saturated carbocycles. The molecule has 146 valence electrons. The molecule has 0 radical (unpaired) electrons. The van der Waals surface area contributed by atoms with Crippen LogP contribution in [-0.4, -0.2) is 18.5 Å². The molecule has 0 fully saturated rings. The van der Waals surface area contributed by atoms with Crippen molar-refractivity contribution in [1.82, 2.24) is 0 Å². The van der Waals surface area contributed by atoms with Gasteiger partial charge in [0.2, 0.25) is 5.91 Å². The van der Waals surface area contributed by atoms with E-state index in [1.54, 1.807) is 24.3 Å². The van der Waals surface area contributed by atoms with Crippen molar-refractivity contribution in [2.24, 2.45) is 5.92 Å². The summed E-state index contributed by atoms with van der Waals surface area (Å²) in [5.74, 6) is 0.530. The Labute approximate surface area is 168 Å². The lowest BCUT2D eigenvalue weighted by Crippen LogP contribution is -2.32. The van der Waals surface area contributed by atoms with Crippen LogP contribution in [0.25, 0.3) is 0 Å². The molecule has 3 aromatic rings. The van der Waals surface area contributed by atoms with E-state index in [4.69, 9.17) is 4.74 Å². The third-order valence-electron chi connectivity index (χ3n) is 4.69. The summed E-state index contributed by atoms with van der Waals surface area (Å²) >= 11 is 0. The molecule has 1 aliphatic heterocycles. The van der Waals surface area contributed by atoms with Crippen molar-refractivity contribution in [3.63, 3.8) is 0 Å². The van der Waals surface area contributed by atoms with Gasteiger partial charge in [0.1, 0.15) is 12.4 Å². The number of carbonyl (C=O) groups excluding carboxylic acids is 2. The fourth-order valence-corrected chi connectivity index (χ4v) is 3.19. The van der Waals surface area contributed by atoms with E-state index in [-0.39, 0.29) is 17.9 Å². The average Bonchev–Trinajstić information content (AvgIpc) is 2.75. The Kier molecular flexibility index (Phi) is 5.42. The number of fused-ring (bicyclic) bond motifs is 1. The van der Waals surface area contributed by atoms with Gasteiger partial charge < -0.3 is 20.7 Å². The lowest BCUT2D eigenvalue weighted by molar-refractivity contribution is -0.121. The molecule has 3 amide bonds. The van der Waals surface area contributed by atoms with E-state index in [2.05, 4.69) is 16.0 Å². The summed E-state index contributed by atoms with van der Waals surface area (Å²) in [5, 5.41) is 8.43. The van der Waals surface area contributed by atoms with E-state index in [9.17, 15) is 9.59 Å². The van der Waals surface area contributed by atoms with Gasteiger partial charge in [-0.05, 0) is 54.4 Å². The number of hydrogen-bond acceptors (Lipinski definition) is 3. The SMILES string of the molecule is O=C(Nc1ccccc1)Nc1ccc(NC(=O)C2COc3ccccc3C2)cc1. The molecule has 3 N–H and O–H groups in total. The van der Waals surface area contributed by atoms with Crippen LogP contribution >= 0.6 is 0 Å². The molecule has 29 heavy (non-hydrogen) atoms. The summed E-state index contributed by atoms with van der Waals surface area (Å²) in [6, 6.07) is 23.7. The summed E-state index contributed by atoms with van der Waals surface area (Å²) in [6.07, 6.45) is 0.654. The second-order valence-corrected chi connectivity index (χ2v) is 6.83. The van der Waals surface area contributed by atoms with Gasteiger partial charge >= 0.3 is 6.03 Å². The second-order valence-electron chi connectivity index (χ2n) is 6.83. The number of nitrogens with one attached hydrogen (secondary N) is 3. The molecule has 6 heteroatoms. The minimum atomic E-state index is -0.328. The molecule has 1 atom stereocenters. The van der Waals surface area contributed by atoms with E-state index >= 15 is 0 Å². The molecule has 4 rings (SSSR count). The van der Waals surface area contributed by atoms with Crippen molar-refractivity contribution in [2.45, 2.75) is 6.42 Å². The highest BCUT2D eigenvalue weighted by molar-refractivity contribution is 6.00. The van der Waals surface area contributed by atoms with Gasteiger partial charge in [-0.1, -0.05) is 36.4 Å². The highest BCUT2D eigenvalue weighted by atomic mass is 16.5. The number of urea groups is 1. The normalized spacial score (nSPS) is 14.8. The van der Waals surface area contributed by atoms with E-state index < -0.39 is 0 Å². The predicted molar refractivity (Wildman–Crippen MR) is 113 cm³/mol. The van der Waals surface area contributed by atoms with E-state index in [0.717, 1.165) is 11.3 Å². The van der Waals surface area contributed by atoms with Crippen LogP contribution in [0.3, 0.4) is 0 Å². The standard InChI is InChI=1S/C23H21N3O3/c27-22(17-14-16-6-4-5-9-21(16)29-15-17)24-19-10-12-20(13-11-19)26-23(28)25-18-7-2-1-3-8-18/h1-13,17H,14-15H2,(H,24,27)(H2,25,26,28). The number of carbonyl (C=O) groups is 2. The number of anilines is 3. The molecular weight excluding hydrogens is 366 g/mol. The Balaban J connectivity index is 1.31. The first-order chi connectivity index (χ1) is 14.2. The number of hydrogen-bond donors (Lipinski definition) is 3. The van der Waals surface area contributed by atoms with Gasteiger partial charge in [-0.15, -0.1) is 0 Å². The van der Waals surface area contributed by atoms with Crippen LogP contribution < -0.4 is 20.7 Å². The van der Waals surface area contributed by atoms with Crippen LogP contribution in [0.4, 0.5) is 21.9 Å². The lowest BCUT2D eigenvalue weighted by Gasteiger charge is -2.24. The average molecular weight is 387 g/mol. The largest absolute Gasteiger partial charge is 0.492 e. The third kappa shape index (κ3) is 4.73. The Hall–Kier alpha value is -3.80. The van der Waals surface area contributed by atoms with Gasteiger partial charge in [0.05, 0.1) is 5.92 Å². The van der Waals surface area contributed by atoms with Crippen molar-refractivity contribution in [2.75, 3.05) is 22.6 Å². The molecule has 0 aliphatic carbocycles. The number of amides is 3. The van der Waals surface area contributed by atoms with Crippen LogP contribution in [0.15, 0.2) is 78.9 Å². The maximum Gasteiger partial charge on any atom is 0.323 e.